The molecule has 0 aliphatic heterocycles. The van der Waals surface area contributed by atoms with Crippen LogP contribution < -0.4 is 0 Å². The average molecular weight is 190 g/mol. The van der Waals surface area contributed by atoms with Gasteiger partial charge in [-0.1, -0.05) is 31.6 Å². The highest BCUT2D eigenvalue weighted by Gasteiger charge is 2.03. The molecule has 0 radical (unpaired) electrons. The molecule has 1 heteroatoms. The molecule has 0 aromatic heterocycles. The van der Waals surface area contributed by atoms with Gasteiger partial charge in [0.2, 0.25) is 0 Å². The number of hydrogen-bond donors (Lipinski definition) is 1. The van der Waals surface area contributed by atoms with Gasteiger partial charge in [0.25, 0.3) is 0 Å². The van der Waals surface area contributed by atoms with Crippen molar-refractivity contribution in [1.29, 1.82) is 0 Å². The van der Waals surface area contributed by atoms with Crippen molar-refractivity contribution in [2.75, 3.05) is 0 Å². The lowest BCUT2D eigenvalue weighted by atomic mass is 9.97. The molecule has 1 aromatic carbocycles. The quantitative estimate of drug-likeness (QED) is 0.764. The minimum atomic E-state index is 0.345. The van der Waals surface area contributed by atoms with E-state index in [9.17, 15) is 5.11 Å². The number of benzene rings is 1. The van der Waals surface area contributed by atoms with Crippen LogP contribution in [0.2, 0.25) is 0 Å². The van der Waals surface area contributed by atoms with Gasteiger partial charge in [-0.15, -0.1) is 0 Å². The molecule has 1 nitrogen and oxygen atoms in total. The summed E-state index contributed by atoms with van der Waals surface area (Å²) >= 11 is 0. The third-order valence-electron chi connectivity index (χ3n) is 2.59. The van der Waals surface area contributed by atoms with E-state index in [1.807, 2.05) is 12.1 Å². The van der Waals surface area contributed by atoms with Crippen molar-refractivity contribution in [2.45, 2.75) is 33.6 Å². The largest absolute Gasteiger partial charge is 0.508 e. The fourth-order valence-electron chi connectivity index (χ4n) is 1.66. The van der Waals surface area contributed by atoms with E-state index in [1.54, 1.807) is 6.07 Å². The Hall–Kier alpha value is -1.24. The number of aromatic hydroxyl groups is 1. The molecule has 1 N–H and O–H groups in total. The third kappa shape index (κ3) is 2.38. The molecule has 0 unspecified atom stereocenters. The molecule has 0 aliphatic rings. The Bertz CT molecular complexity index is 337. The van der Waals surface area contributed by atoms with Gasteiger partial charge in [0, 0.05) is 0 Å². The Morgan fingerprint density at radius 2 is 1.93 bits per heavy atom. The van der Waals surface area contributed by atoms with E-state index in [4.69, 9.17) is 0 Å². The van der Waals surface area contributed by atoms with Gasteiger partial charge in [0.15, 0.2) is 0 Å². The summed E-state index contributed by atoms with van der Waals surface area (Å²) in [5, 5.41) is 9.39. The maximum Gasteiger partial charge on any atom is 0.116 e. The van der Waals surface area contributed by atoms with Crippen LogP contribution in [0.4, 0.5) is 0 Å². The minimum Gasteiger partial charge on any atom is -0.508 e. The molecule has 0 saturated heterocycles. The lowest BCUT2D eigenvalue weighted by Gasteiger charge is -2.09. The Morgan fingerprint density at radius 1 is 1.21 bits per heavy atom. The van der Waals surface area contributed by atoms with Crippen molar-refractivity contribution in [3.8, 4) is 5.75 Å². The van der Waals surface area contributed by atoms with Crippen molar-refractivity contribution in [1.82, 2.24) is 0 Å². The highest BCUT2D eigenvalue weighted by Crippen LogP contribution is 2.26. The van der Waals surface area contributed by atoms with Gasteiger partial charge in [-0.05, 0) is 43.0 Å². The topological polar surface area (TPSA) is 20.2 Å². The highest BCUT2D eigenvalue weighted by molar-refractivity contribution is 5.69. The summed E-state index contributed by atoms with van der Waals surface area (Å²) in [6.07, 6.45) is 2.09. The Balaban J connectivity index is 3.13. The fourth-order valence-corrected chi connectivity index (χ4v) is 1.66. The zero-order valence-corrected chi connectivity index (χ0v) is 9.17. The monoisotopic (exact) mass is 190 g/mol. The van der Waals surface area contributed by atoms with Crippen LogP contribution in [-0.4, -0.2) is 5.11 Å². The van der Waals surface area contributed by atoms with Crippen LogP contribution in [0, 0.1) is 0 Å². The van der Waals surface area contributed by atoms with Gasteiger partial charge in [0.05, 0.1) is 0 Å². The van der Waals surface area contributed by atoms with Crippen molar-refractivity contribution in [3.05, 3.63) is 35.4 Å². The normalized spacial score (nSPS) is 12.5. The van der Waals surface area contributed by atoms with Crippen LogP contribution in [0.3, 0.4) is 0 Å². The molecule has 0 aliphatic carbocycles. The summed E-state index contributed by atoms with van der Waals surface area (Å²) in [6.45, 7) is 6.47. The molecule has 1 aromatic rings. The first-order valence-electron chi connectivity index (χ1n) is 5.17. The summed E-state index contributed by atoms with van der Waals surface area (Å²) in [5.41, 5.74) is 3.90. The number of allylic oxidation sites excluding steroid dienone is 2. The maximum atomic E-state index is 9.39. The predicted octanol–water partition coefficient (Wildman–Crippen LogP) is 3.99. The zero-order chi connectivity index (χ0) is 10.6. The van der Waals surface area contributed by atoms with E-state index in [0.29, 0.717) is 5.75 Å². The number of phenolic OH excluding ortho intramolecular Hbond substituents is 1. The SMILES string of the molecule is CC/C(C)=C(\CC)c1cccc(O)c1. The smallest absolute Gasteiger partial charge is 0.116 e. The lowest BCUT2D eigenvalue weighted by Crippen LogP contribution is -1.87. The van der Waals surface area contributed by atoms with Crippen LogP contribution in [0.1, 0.15) is 39.2 Å². The predicted molar refractivity (Wildman–Crippen MR) is 61.3 cm³/mol. The van der Waals surface area contributed by atoms with Gasteiger partial charge >= 0.3 is 0 Å². The standard InChI is InChI=1S/C13H18O/c1-4-10(3)13(5-2)11-7-6-8-12(14)9-11/h6-9,14H,4-5H2,1-3H3/b13-10+. The van der Waals surface area contributed by atoms with Crippen LogP contribution in [0.5, 0.6) is 5.75 Å². The van der Waals surface area contributed by atoms with Crippen molar-refractivity contribution < 1.29 is 5.11 Å². The lowest BCUT2D eigenvalue weighted by molar-refractivity contribution is 0.475. The second kappa shape index (κ2) is 4.85. The molecular formula is C13H18O. The van der Waals surface area contributed by atoms with Crippen LogP contribution in [0.15, 0.2) is 29.8 Å². The van der Waals surface area contributed by atoms with E-state index in [0.717, 1.165) is 18.4 Å². The molecule has 1 rings (SSSR count). The molecule has 0 amide bonds. The van der Waals surface area contributed by atoms with Crippen molar-refractivity contribution in [2.24, 2.45) is 0 Å². The second-order valence-electron chi connectivity index (χ2n) is 3.52. The van der Waals surface area contributed by atoms with E-state index in [2.05, 4.69) is 26.8 Å². The Kier molecular flexibility index (Phi) is 3.75. The fraction of sp³-hybridized carbons (Fsp3) is 0.385. The van der Waals surface area contributed by atoms with Crippen LogP contribution in [0.25, 0.3) is 5.57 Å². The summed E-state index contributed by atoms with van der Waals surface area (Å²) in [5.74, 6) is 0.345. The van der Waals surface area contributed by atoms with E-state index < -0.39 is 0 Å². The first-order chi connectivity index (χ1) is 6.69. The molecule has 0 atom stereocenters. The van der Waals surface area contributed by atoms with Gasteiger partial charge < -0.3 is 5.11 Å². The highest BCUT2D eigenvalue weighted by atomic mass is 16.3. The Morgan fingerprint density at radius 3 is 2.43 bits per heavy atom. The maximum absolute atomic E-state index is 9.39. The minimum absolute atomic E-state index is 0.345. The first-order valence-corrected chi connectivity index (χ1v) is 5.17. The molecule has 0 spiro atoms. The molecule has 0 saturated carbocycles. The second-order valence-corrected chi connectivity index (χ2v) is 3.52. The van der Waals surface area contributed by atoms with E-state index in [1.165, 1.54) is 11.1 Å². The van der Waals surface area contributed by atoms with Crippen molar-refractivity contribution in [3.63, 3.8) is 0 Å². The first kappa shape index (κ1) is 10.8. The van der Waals surface area contributed by atoms with E-state index in [-0.39, 0.29) is 0 Å². The average Bonchev–Trinajstić information content (AvgIpc) is 2.19. The number of phenols is 1. The molecule has 0 heterocycles. The van der Waals surface area contributed by atoms with Gasteiger partial charge in [-0.3, -0.25) is 0 Å². The molecule has 76 valence electrons. The molecule has 14 heavy (non-hydrogen) atoms. The van der Waals surface area contributed by atoms with Crippen molar-refractivity contribution >= 4 is 5.57 Å². The van der Waals surface area contributed by atoms with E-state index >= 15 is 0 Å². The summed E-state index contributed by atoms with van der Waals surface area (Å²) < 4.78 is 0. The van der Waals surface area contributed by atoms with Gasteiger partial charge in [-0.25, -0.2) is 0 Å². The molecule has 0 bridgehead atoms. The Labute approximate surface area is 86.1 Å². The van der Waals surface area contributed by atoms with Gasteiger partial charge in [0.1, 0.15) is 5.75 Å². The number of hydrogen-bond acceptors (Lipinski definition) is 1. The van der Waals surface area contributed by atoms with Crippen LogP contribution >= 0.6 is 0 Å². The summed E-state index contributed by atoms with van der Waals surface area (Å²) in [4.78, 5) is 0. The van der Waals surface area contributed by atoms with Crippen LogP contribution in [-0.2, 0) is 0 Å². The molecular weight excluding hydrogens is 172 g/mol. The number of rotatable bonds is 3. The zero-order valence-electron chi connectivity index (χ0n) is 9.17. The summed E-state index contributed by atoms with van der Waals surface area (Å²) in [6, 6.07) is 7.48. The van der Waals surface area contributed by atoms with Gasteiger partial charge in [-0.2, -0.15) is 0 Å². The summed E-state index contributed by atoms with van der Waals surface area (Å²) in [7, 11) is 0. The molecule has 0 fully saturated rings. The third-order valence-corrected chi connectivity index (χ3v) is 2.59.